The first-order valence-corrected chi connectivity index (χ1v) is 8.19. The largest absolute Gasteiger partial charge is 0.352 e. The average molecular weight is 297 g/mol. The van der Waals surface area contributed by atoms with E-state index < -0.39 is 0 Å². The molecule has 1 aliphatic heterocycles. The Hall–Kier alpha value is -1.10. The van der Waals surface area contributed by atoms with E-state index in [4.69, 9.17) is 5.73 Å². The van der Waals surface area contributed by atoms with Gasteiger partial charge in [-0.05, 0) is 44.1 Å². The number of likely N-dealkylation sites (tertiary alicyclic amines) is 1. The molecule has 1 rings (SSSR count). The summed E-state index contributed by atoms with van der Waals surface area (Å²) in [5.41, 5.74) is 5.65. The second-order valence-corrected chi connectivity index (χ2v) is 6.50. The first-order valence-electron chi connectivity index (χ1n) is 8.19. The lowest BCUT2D eigenvalue weighted by atomic mass is 9.88. The summed E-state index contributed by atoms with van der Waals surface area (Å²) in [6, 6.07) is 0.116. The summed E-state index contributed by atoms with van der Waals surface area (Å²) in [7, 11) is 0. The molecule has 2 amide bonds. The third-order valence-electron chi connectivity index (χ3n) is 4.39. The number of hydrogen-bond acceptors (Lipinski definition) is 3. The van der Waals surface area contributed by atoms with Crippen molar-refractivity contribution in [2.75, 3.05) is 19.6 Å². The molecule has 5 nitrogen and oxygen atoms in total. The van der Waals surface area contributed by atoms with E-state index >= 15 is 0 Å². The highest BCUT2D eigenvalue weighted by Gasteiger charge is 2.24. The van der Waals surface area contributed by atoms with Crippen molar-refractivity contribution in [3.8, 4) is 0 Å². The van der Waals surface area contributed by atoms with Crippen LogP contribution in [-0.4, -0.2) is 42.4 Å². The predicted molar refractivity (Wildman–Crippen MR) is 84.7 cm³/mol. The van der Waals surface area contributed by atoms with Gasteiger partial charge in [-0.2, -0.15) is 0 Å². The number of hydrogen-bond donors (Lipinski definition) is 2. The van der Waals surface area contributed by atoms with E-state index in [0.29, 0.717) is 31.3 Å². The topological polar surface area (TPSA) is 75.4 Å². The lowest BCUT2D eigenvalue weighted by Gasteiger charge is -2.33. The van der Waals surface area contributed by atoms with Crippen molar-refractivity contribution in [3.63, 3.8) is 0 Å². The molecular formula is C16H31N3O2. The zero-order chi connectivity index (χ0) is 15.8. The van der Waals surface area contributed by atoms with Crippen LogP contribution in [0.2, 0.25) is 0 Å². The molecule has 1 heterocycles. The third-order valence-corrected chi connectivity index (χ3v) is 4.39. The molecule has 3 N–H and O–H groups in total. The maximum atomic E-state index is 12.3. The molecule has 5 heteroatoms. The van der Waals surface area contributed by atoms with E-state index in [-0.39, 0.29) is 17.9 Å². The van der Waals surface area contributed by atoms with Gasteiger partial charge in [-0.15, -0.1) is 0 Å². The van der Waals surface area contributed by atoms with Gasteiger partial charge in [0.15, 0.2) is 0 Å². The maximum absolute atomic E-state index is 12.3. The van der Waals surface area contributed by atoms with Crippen LogP contribution in [0.25, 0.3) is 0 Å². The van der Waals surface area contributed by atoms with Crippen molar-refractivity contribution in [2.45, 2.75) is 58.9 Å². The summed E-state index contributed by atoms with van der Waals surface area (Å²) >= 11 is 0. The van der Waals surface area contributed by atoms with Gasteiger partial charge in [0.05, 0.1) is 0 Å². The van der Waals surface area contributed by atoms with Crippen LogP contribution in [-0.2, 0) is 9.59 Å². The second kappa shape index (κ2) is 9.03. The van der Waals surface area contributed by atoms with E-state index in [2.05, 4.69) is 19.2 Å². The molecule has 0 aromatic carbocycles. The van der Waals surface area contributed by atoms with E-state index in [9.17, 15) is 9.59 Å². The number of nitrogens with zero attached hydrogens (tertiary/aromatic N) is 1. The summed E-state index contributed by atoms with van der Waals surface area (Å²) in [5, 5.41) is 2.92. The highest BCUT2D eigenvalue weighted by Crippen LogP contribution is 2.21. The number of piperidine rings is 1. The third kappa shape index (κ3) is 6.46. The molecular weight excluding hydrogens is 266 g/mol. The number of amides is 2. The van der Waals surface area contributed by atoms with Gasteiger partial charge < -0.3 is 16.0 Å². The fourth-order valence-electron chi connectivity index (χ4n) is 3.10. The van der Waals surface area contributed by atoms with Crippen molar-refractivity contribution in [3.05, 3.63) is 0 Å². The zero-order valence-corrected chi connectivity index (χ0v) is 13.7. The molecule has 0 radical (unpaired) electrons. The normalized spacial score (nSPS) is 20.4. The first kappa shape index (κ1) is 18.0. The molecule has 0 saturated carbocycles. The van der Waals surface area contributed by atoms with Gasteiger partial charge in [0, 0.05) is 32.5 Å². The highest BCUT2D eigenvalue weighted by atomic mass is 16.2. The number of rotatable bonds is 7. The Balaban J connectivity index is 2.41. The van der Waals surface area contributed by atoms with Gasteiger partial charge in [0.2, 0.25) is 11.8 Å². The summed E-state index contributed by atoms with van der Waals surface area (Å²) in [6.45, 7) is 8.07. The molecule has 0 aliphatic carbocycles. The monoisotopic (exact) mass is 297 g/mol. The van der Waals surface area contributed by atoms with Crippen LogP contribution >= 0.6 is 0 Å². The van der Waals surface area contributed by atoms with Crippen LogP contribution < -0.4 is 11.1 Å². The van der Waals surface area contributed by atoms with E-state index in [1.165, 1.54) is 6.92 Å². The quantitative estimate of drug-likeness (QED) is 0.748. The molecule has 2 atom stereocenters. The lowest BCUT2D eigenvalue weighted by Crippen LogP contribution is -2.49. The molecule has 21 heavy (non-hydrogen) atoms. The molecule has 1 saturated heterocycles. The summed E-state index contributed by atoms with van der Waals surface area (Å²) in [6.07, 6.45) is 4.42. The fourth-order valence-corrected chi connectivity index (χ4v) is 3.10. The smallest absolute Gasteiger partial charge is 0.222 e. The van der Waals surface area contributed by atoms with Crippen LogP contribution in [0, 0.1) is 11.8 Å². The van der Waals surface area contributed by atoms with Crippen molar-refractivity contribution < 1.29 is 9.59 Å². The Bertz CT molecular complexity index is 344. The van der Waals surface area contributed by atoms with Crippen LogP contribution in [0.1, 0.15) is 52.9 Å². The Labute approximate surface area is 128 Å². The van der Waals surface area contributed by atoms with Gasteiger partial charge in [-0.3, -0.25) is 9.59 Å². The summed E-state index contributed by atoms with van der Waals surface area (Å²) < 4.78 is 0. The fraction of sp³-hybridized carbons (Fsp3) is 0.875. The average Bonchev–Trinajstić information content (AvgIpc) is 2.42. The molecule has 2 unspecified atom stereocenters. The van der Waals surface area contributed by atoms with E-state index in [1.807, 2.05) is 4.90 Å². The standard InChI is InChI=1S/C16H31N3O2/c1-12(2)14(8-9-17)6-7-16(21)19-10-4-5-15(11-19)18-13(3)20/h12,14-15H,4-11,17H2,1-3H3,(H,18,20). The molecule has 0 aromatic heterocycles. The van der Waals surface area contributed by atoms with Crippen LogP contribution in [0.3, 0.4) is 0 Å². The Kier molecular flexibility index (Phi) is 7.72. The predicted octanol–water partition coefficient (Wildman–Crippen LogP) is 1.51. The molecule has 1 aliphatic rings. The summed E-state index contributed by atoms with van der Waals surface area (Å²) in [4.78, 5) is 25.4. The second-order valence-electron chi connectivity index (χ2n) is 6.50. The Morgan fingerprint density at radius 3 is 2.62 bits per heavy atom. The zero-order valence-electron chi connectivity index (χ0n) is 13.7. The number of nitrogens with one attached hydrogen (secondary N) is 1. The SMILES string of the molecule is CC(=O)NC1CCCN(C(=O)CCC(CCN)C(C)C)C1. The minimum atomic E-state index is -0.0166. The van der Waals surface area contributed by atoms with Crippen molar-refractivity contribution in [1.82, 2.24) is 10.2 Å². The number of nitrogens with two attached hydrogens (primary N) is 1. The van der Waals surface area contributed by atoms with Gasteiger partial charge >= 0.3 is 0 Å². The van der Waals surface area contributed by atoms with Gasteiger partial charge in [0.25, 0.3) is 0 Å². The minimum absolute atomic E-state index is 0.0166. The maximum Gasteiger partial charge on any atom is 0.222 e. The molecule has 0 aromatic rings. The van der Waals surface area contributed by atoms with Crippen LogP contribution in [0.15, 0.2) is 0 Å². The van der Waals surface area contributed by atoms with Gasteiger partial charge in [0.1, 0.15) is 0 Å². The Morgan fingerprint density at radius 2 is 2.05 bits per heavy atom. The lowest BCUT2D eigenvalue weighted by molar-refractivity contribution is -0.133. The number of carbonyl (C=O) groups excluding carboxylic acids is 2. The van der Waals surface area contributed by atoms with Gasteiger partial charge in [-0.25, -0.2) is 0 Å². The van der Waals surface area contributed by atoms with Crippen LogP contribution in [0.5, 0.6) is 0 Å². The van der Waals surface area contributed by atoms with Crippen molar-refractivity contribution in [2.24, 2.45) is 17.6 Å². The van der Waals surface area contributed by atoms with Crippen molar-refractivity contribution >= 4 is 11.8 Å². The van der Waals surface area contributed by atoms with E-state index in [0.717, 1.165) is 32.2 Å². The molecule has 122 valence electrons. The van der Waals surface area contributed by atoms with Crippen molar-refractivity contribution in [1.29, 1.82) is 0 Å². The highest BCUT2D eigenvalue weighted by molar-refractivity contribution is 5.77. The van der Waals surface area contributed by atoms with Gasteiger partial charge in [-0.1, -0.05) is 13.8 Å². The molecule has 1 fully saturated rings. The summed E-state index contributed by atoms with van der Waals surface area (Å²) in [5.74, 6) is 1.29. The minimum Gasteiger partial charge on any atom is -0.352 e. The first-order chi connectivity index (χ1) is 9.93. The Morgan fingerprint density at radius 1 is 1.33 bits per heavy atom. The van der Waals surface area contributed by atoms with E-state index in [1.54, 1.807) is 0 Å². The molecule has 0 spiro atoms. The van der Waals surface area contributed by atoms with Crippen LogP contribution in [0.4, 0.5) is 0 Å². The molecule has 0 bridgehead atoms. The number of carbonyl (C=O) groups is 2.